The minimum Gasteiger partial charge on any atom is -0.351 e. The Kier molecular flexibility index (Phi) is 5.77. The Labute approximate surface area is 132 Å². The normalized spacial score (nSPS) is 10.3. The van der Waals surface area contributed by atoms with Crippen LogP contribution in [0.25, 0.3) is 0 Å². The zero-order valence-corrected chi connectivity index (χ0v) is 12.9. The summed E-state index contributed by atoms with van der Waals surface area (Å²) in [7, 11) is 0. The maximum absolute atomic E-state index is 11.8. The van der Waals surface area contributed by atoms with E-state index >= 15 is 0 Å². The highest BCUT2D eigenvalue weighted by molar-refractivity contribution is 8.00. The number of nitrogens with one attached hydrogen (secondary N) is 1. The number of carbonyl (C=O) groups is 1. The molecule has 0 unspecified atom stereocenters. The SMILES string of the molecule is O=C(CSc1ccccc1)NCc1ccc(Cl)cc1Cl. The van der Waals surface area contributed by atoms with Crippen LogP contribution in [0.5, 0.6) is 0 Å². The average molecular weight is 326 g/mol. The fourth-order valence-corrected chi connectivity index (χ4v) is 2.80. The van der Waals surface area contributed by atoms with E-state index in [9.17, 15) is 4.79 Å². The molecule has 0 aliphatic rings. The highest BCUT2D eigenvalue weighted by atomic mass is 35.5. The molecule has 0 saturated heterocycles. The maximum atomic E-state index is 11.8. The average Bonchev–Trinajstić information content (AvgIpc) is 2.45. The molecule has 5 heteroatoms. The first kappa shape index (κ1) is 15.2. The van der Waals surface area contributed by atoms with Gasteiger partial charge in [-0.15, -0.1) is 11.8 Å². The molecular formula is C15H13Cl2NOS. The van der Waals surface area contributed by atoms with E-state index in [2.05, 4.69) is 5.32 Å². The van der Waals surface area contributed by atoms with Crippen molar-refractivity contribution in [3.05, 3.63) is 64.1 Å². The van der Waals surface area contributed by atoms with Gasteiger partial charge in [0.2, 0.25) is 5.91 Å². The lowest BCUT2D eigenvalue weighted by Crippen LogP contribution is -2.24. The van der Waals surface area contributed by atoms with Crippen molar-refractivity contribution in [3.8, 4) is 0 Å². The fourth-order valence-electron chi connectivity index (χ4n) is 1.58. The molecule has 2 nitrogen and oxygen atoms in total. The quantitative estimate of drug-likeness (QED) is 0.825. The zero-order chi connectivity index (χ0) is 14.4. The van der Waals surface area contributed by atoms with Crippen LogP contribution >= 0.6 is 35.0 Å². The van der Waals surface area contributed by atoms with Crippen LogP contribution in [0.2, 0.25) is 10.0 Å². The molecule has 0 atom stereocenters. The number of benzene rings is 2. The van der Waals surface area contributed by atoms with Crippen molar-refractivity contribution in [2.24, 2.45) is 0 Å². The van der Waals surface area contributed by atoms with E-state index in [4.69, 9.17) is 23.2 Å². The number of rotatable bonds is 5. The predicted molar refractivity (Wildman–Crippen MR) is 85.5 cm³/mol. The fraction of sp³-hybridized carbons (Fsp3) is 0.133. The van der Waals surface area contributed by atoms with Crippen LogP contribution in [-0.2, 0) is 11.3 Å². The molecule has 0 radical (unpaired) electrons. The maximum Gasteiger partial charge on any atom is 0.230 e. The first-order valence-corrected chi connectivity index (χ1v) is 7.78. The second-order valence-electron chi connectivity index (χ2n) is 4.11. The van der Waals surface area contributed by atoms with Crippen molar-refractivity contribution < 1.29 is 4.79 Å². The van der Waals surface area contributed by atoms with Crippen molar-refractivity contribution in [1.82, 2.24) is 5.32 Å². The van der Waals surface area contributed by atoms with Gasteiger partial charge in [0.25, 0.3) is 0 Å². The zero-order valence-electron chi connectivity index (χ0n) is 10.6. The van der Waals surface area contributed by atoms with E-state index in [-0.39, 0.29) is 5.91 Å². The second-order valence-corrected chi connectivity index (χ2v) is 6.01. The molecule has 104 valence electrons. The highest BCUT2D eigenvalue weighted by Gasteiger charge is 2.05. The van der Waals surface area contributed by atoms with Gasteiger partial charge in [-0.25, -0.2) is 0 Å². The highest BCUT2D eigenvalue weighted by Crippen LogP contribution is 2.21. The van der Waals surface area contributed by atoms with Gasteiger partial charge in [0.1, 0.15) is 0 Å². The molecule has 0 spiro atoms. The summed E-state index contributed by atoms with van der Waals surface area (Å²) in [4.78, 5) is 12.8. The monoisotopic (exact) mass is 325 g/mol. The van der Waals surface area contributed by atoms with Crippen molar-refractivity contribution in [1.29, 1.82) is 0 Å². The summed E-state index contributed by atoms with van der Waals surface area (Å²) in [5.74, 6) is 0.361. The first-order valence-electron chi connectivity index (χ1n) is 6.03. The van der Waals surface area contributed by atoms with Gasteiger partial charge in [0, 0.05) is 21.5 Å². The Hall–Kier alpha value is -1.16. The molecule has 2 aromatic rings. The molecule has 0 heterocycles. The Morgan fingerprint density at radius 3 is 2.55 bits per heavy atom. The number of hydrogen-bond acceptors (Lipinski definition) is 2. The molecule has 0 aromatic heterocycles. The molecule has 0 aliphatic carbocycles. The number of carbonyl (C=O) groups excluding carboxylic acids is 1. The van der Waals surface area contributed by atoms with Gasteiger partial charge in [0.05, 0.1) is 5.75 Å². The van der Waals surface area contributed by atoms with Crippen molar-refractivity contribution in [3.63, 3.8) is 0 Å². The van der Waals surface area contributed by atoms with Gasteiger partial charge in [-0.1, -0.05) is 47.5 Å². The van der Waals surface area contributed by atoms with E-state index in [0.29, 0.717) is 22.3 Å². The van der Waals surface area contributed by atoms with Crippen LogP contribution in [0.15, 0.2) is 53.4 Å². The van der Waals surface area contributed by atoms with Gasteiger partial charge in [-0.3, -0.25) is 4.79 Å². The molecule has 0 fully saturated rings. The molecule has 0 saturated carbocycles. The Bertz CT molecular complexity index is 590. The molecular weight excluding hydrogens is 313 g/mol. The van der Waals surface area contributed by atoms with E-state index in [1.807, 2.05) is 36.4 Å². The largest absolute Gasteiger partial charge is 0.351 e. The third-order valence-corrected chi connectivity index (χ3v) is 4.20. The lowest BCUT2D eigenvalue weighted by molar-refractivity contribution is -0.118. The van der Waals surface area contributed by atoms with E-state index in [1.165, 1.54) is 11.8 Å². The Morgan fingerprint density at radius 2 is 1.85 bits per heavy atom. The molecule has 20 heavy (non-hydrogen) atoms. The van der Waals surface area contributed by atoms with Crippen LogP contribution in [0.4, 0.5) is 0 Å². The number of amides is 1. The minimum absolute atomic E-state index is 0.0233. The third-order valence-electron chi connectivity index (χ3n) is 2.60. The standard InChI is InChI=1S/C15H13Cl2NOS/c16-12-7-6-11(14(17)8-12)9-18-15(19)10-20-13-4-2-1-3-5-13/h1-8H,9-10H2,(H,18,19). The summed E-state index contributed by atoms with van der Waals surface area (Å²) in [5.41, 5.74) is 0.856. The molecule has 2 aromatic carbocycles. The predicted octanol–water partition coefficient (Wildman–Crippen LogP) is 4.40. The van der Waals surface area contributed by atoms with Gasteiger partial charge >= 0.3 is 0 Å². The van der Waals surface area contributed by atoms with Crippen LogP contribution in [0.1, 0.15) is 5.56 Å². The Balaban J connectivity index is 1.80. The minimum atomic E-state index is -0.0233. The molecule has 1 N–H and O–H groups in total. The van der Waals surface area contributed by atoms with Gasteiger partial charge in [-0.05, 0) is 29.8 Å². The van der Waals surface area contributed by atoms with Crippen LogP contribution < -0.4 is 5.32 Å². The summed E-state index contributed by atoms with van der Waals surface area (Å²) in [6.45, 7) is 0.407. The lowest BCUT2D eigenvalue weighted by Gasteiger charge is -2.07. The first-order chi connectivity index (χ1) is 9.65. The number of halogens is 2. The Morgan fingerprint density at radius 1 is 1.10 bits per heavy atom. The number of thioether (sulfide) groups is 1. The number of hydrogen-bond donors (Lipinski definition) is 1. The van der Waals surface area contributed by atoms with Crippen molar-refractivity contribution in [2.45, 2.75) is 11.4 Å². The van der Waals surface area contributed by atoms with Gasteiger partial charge in [0.15, 0.2) is 0 Å². The molecule has 2 rings (SSSR count). The van der Waals surface area contributed by atoms with Gasteiger partial charge < -0.3 is 5.32 Å². The molecule has 1 amide bonds. The van der Waals surface area contributed by atoms with Gasteiger partial charge in [-0.2, -0.15) is 0 Å². The van der Waals surface area contributed by atoms with Crippen LogP contribution in [-0.4, -0.2) is 11.7 Å². The van der Waals surface area contributed by atoms with E-state index < -0.39 is 0 Å². The summed E-state index contributed by atoms with van der Waals surface area (Å²) in [6.07, 6.45) is 0. The van der Waals surface area contributed by atoms with Crippen molar-refractivity contribution >= 4 is 40.9 Å². The lowest BCUT2D eigenvalue weighted by atomic mass is 10.2. The molecule has 0 aliphatic heterocycles. The van der Waals surface area contributed by atoms with E-state index in [1.54, 1.807) is 12.1 Å². The topological polar surface area (TPSA) is 29.1 Å². The van der Waals surface area contributed by atoms with Crippen LogP contribution in [0, 0.1) is 0 Å². The molecule has 0 bridgehead atoms. The van der Waals surface area contributed by atoms with E-state index in [0.717, 1.165) is 10.5 Å². The summed E-state index contributed by atoms with van der Waals surface area (Å²) in [6, 6.07) is 15.1. The van der Waals surface area contributed by atoms with Crippen molar-refractivity contribution in [2.75, 3.05) is 5.75 Å². The third kappa shape index (κ3) is 4.75. The summed E-state index contributed by atoms with van der Waals surface area (Å²) in [5, 5.41) is 3.99. The smallest absolute Gasteiger partial charge is 0.230 e. The van der Waals surface area contributed by atoms with Crippen LogP contribution in [0.3, 0.4) is 0 Å². The summed E-state index contributed by atoms with van der Waals surface area (Å²) < 4.78 is 0. The second kappa shape index (κ2) is 7.58. The summed E-state index contributed by atoms with van der Waals surface area (Å²) >= 11 is 13.4.